The van der Waals surface area contributed by atoms with Crippen LogP contribution in [-0.2, 0) is 11.3 Å². The lowest BCUT2D eigenvalue weighted by Gasteiger charge is -2.22. The summed E-state index contributed by atoms with van der Waals surface area (Å²) in [5, 5.41) is 13.3. The average Bonchev–Trinajstić information content (AvgIpc) is 2.73. The van der Waals surface area contributed by atoms with Crippen molar-refractivity contribution < 1.29 is 19.0 Å². The molecule has 2 rings (SSSR count). The van der Waals surface area contributed by atoms with Gasteiger partial charge in [0.2, 0.25) is 0 Å². The number of aliphatic hydroxyl groups excluding tert-OH is 1. The van der Waals surface area contributed by atoms with Crippen molar-refractivity contribution in [2.75, 3.05) is 39.9 Å². The van der Waals surface area contributed by atoms with Crippen LogP contribution in [0.4, 0.5) is 4.39 Å². The predicted molar refractivity (Wildman–Crippen MR) is 128 cm³/mol. The number of benzene rings is 2. The van der Waals surface area contributed by atoms with E-state index < -0.39 is 6.10 Å². The maximum absolute atomic E-state index is 13.6. The Kier molecular flexibility index (Phi) is 13.0. The number of hydrogen-bond donors (Lipinski definition) is 2. The van der Waals surface area contributed by atoms with Crippen LogP contribution in [0.5, 0.6) is 5.75 Å². The molecular weight excluding hydrogens is 500 g/mol. The Morgan fingerprint density at radius 1 is 1.17 bits per heavy atom. The predicted octanol–water partition coefficient (Wildman–Crippen LogP) is 3.30. The standard InChI is InChI=1S/C22H30FN3O3.HI/c1-3-24-22(26(2)13-14-29-21-12-8-7-11-20(21)23)25-15-19(27)17-28-16-18-9-5-4-6-10-18;/h4-12,19,27H,3,13-17H2,1-2H3,(H,24,25);1H. The average molecular weight is 531 g/mol. The first-order valence-corrected chi connectivity index (χ1v) is 9.76. The van der Waals surface area contributed by atoms with Gasteiger partial charge in [-0.1, -0.05) is 42.5 Å². The minimum Gasteiger partial charge on any atom is -0.489 e. The van der Waals surface area contributed by atoms with Crippen LogP contribution in [0.25, 0.3) is 0 Å². The Morgan fingerprint density at radius 2 is 1.87 bits per heavy atom. The third kappa shape index (κ3) is 9.73. The molecule has 0 amide bonds. The Morgan fingerprint density at radius 3 is 2.57 bits per heavy atom. The molecule has 0 bridgehead atoms. The third-order valence-electron chi connectivity index (χ3n) is 4.09. The zero-order chi connectivity index (χ0) is 20.9. The van der Waals surface area contributed by atoms with Crippen LogP contribution in [0.15, 0.2) is 59.6 Å². The van der Waals surface area contributed by atoms with Gasteiger partial charge < -0.3 is 24.8 Å². The summed E-state index contributed by atoms with van der Waals surface area (Å²) in [6.45, 7) is 4.37. The lowest BCUT2D eigenvalue weighted by Crippen LogP contribution is -2.41. The normalized spacial score (nSPS) is 12.1. The Labute approximate surface area is 195 Å². The lowest BCUT2D eigenvalue weighted by molar-refractivity contribution is 0.0330. The van der Waals surface area contributed by atoms with Crippen molar-refractivity contribution in [2.45, 2.75) is 19.6 Å². The first-order valence-electron chi connectivity index (χ1n) is 9.76. The summed E-state index contributed by atoms with van der Waals surface area (Å²) in [6, 6.07) is 16.1. The van der Waals surface area contributed by atoms with Crippen LogP contribution in [0.1, 0.15) is 12.5 Å². The second kappa shape index (κ2) is 15.0. The van der Waals surface area contributed by atoms with E-state index in [0.717, 1.165) is 5.56 Å². The number of halogens is 2. The Hall–Kier alpha value is -1.91. The number of aliphatic imine (C=N–C) groups is 1. The van der Waals surface area contributed by atoms with Gasteiger partial charge in [-0.25, -0.2) is 4.39 Å². The smallest absolute Gasteiger partial charge is 0.193 e. The molecule has 0 aliphatic heterocycles. The van der Waals surface area contributed by atoms with Crippen molar-refractivity contribution in [3.05, 3.63) is 66.0 Å². The molecule has 1 unspecified atom stereocenters. The van der Waals surface area contributed by atoms with Crippen molar-refractivity contribution in [2.24, 2.45) is 4.99 Å². The molecule has 0 saturated heterocycles. The number of nitrogens with zero attached hydrogens (tertiary/aromatic N) is 2. The summed E-state index contributed by atoms with van der Waals surface area (Å²) >= 11 is 0. The highest BCUT2D eigenvalue weighted by atomic mass is 127. The molecule has 8 heteroatoms. The number of hydrogen-bond acceptors (Lipinski definition) is 4. The van der Waals surface area contributed by atoms with Gasteiger partial charge in [0.25, 0.3) is 0 Å². The van der Waals surface area contributed by atoms with E-state index in [1.807, 2.05) is 49.2 Å². The Bertz CT molecular complexity index is 749. The molecule has 0 aromatic heterocycles. The fourth-order valence-corrected chi connectivity index (χ4v) is 2.56. The SMILES string of the molecule is CCNC(=NCC(O)COCc1ccccc1)N(C)CCOc1ccccc1F.I. The van der Waals surface area contributed by atoms with E-state index >= 15 is 0 Å². The van der Waals surface area contributed by atoms with E-state index in [0.29, 0.717) is 32.3 Å². The highest BCUT2D eigenvalue weighted by Crippen LogP contribution is 2.15. The zero-order valence-corrected chi connectivity index (χ0v) is 19.8. The maximum Gasteiger partial charge on any atom is 0.193 e. The monoisotopic (exact) mass is 531 g/mol. The number of likely N-dealkylation sites (N-methyl/N-ethyl adjacent to an activating group) is 1. The zero-order valence-electron chi connectivity index (χ0n) is 17.5. The van der Waals surface area contributed by atoms with Crippen LogP contribution in [0.2, 0.25) is 0 Å². The second-order valence-corrected chi connectivity index (χ2v) is 6.55. The van der Waals surface area contributed by atoms with Gasteiger partial charge >= 0.3 is 0 Å². The number of para-hydroxylation sites is 1. The molecule has 166 valence electrons. The molecule has 0 radical (unpaired) electrons. The number of ether oxygens (including phenoxy) is 2. The van der Waals surface area contributed by atoms with E-state index in [1.54, 1.807) is 18.2 Å². The van der Waals surface area contributed by atoms with Gasteiger partial charge in [-0.3, -0.25) is 4.99 Å². The fraction of sp³-hybridized carbons (Fsp3) is 0.409. The summed E-state index contributed by atoms with van der Waals surface area (Å²) in [4.78, 5) is 6.33. The van der Waals surface area contributed by atoms with E-state index in [2.05, 4.69) is 10.3 Å². The molecule has 6 nitrogen and oxygen atoms in total. The van der Waals surface area contributed by atoms with Gasteiger partial charge in [0.1, 0.15) is 6.61 Å². The third-order valence-corrected chi connectivity index (χ3v) is 4.09. The quantitative estimate of drug-likeness (QED) is 0.265. The van der Waals surface area contributed by atoms with E-state index in [-0.39, 0.29) is 48.7 Å². The van der Waals surface area contributed by atoms with E-state index in [4.69, 9.17) is 9.47 Å². The van der Waals surface area contributed by atoms with Crippen molar-refractivity contribution in [3.63, 3.8) is 0 Å². The molecule has 0 spiro atoms. The molecule has 0 aliphatic carbocycles. The van der Waals surface area contributed by atoms with Gasteiger partial charge in [-0.15, -0.1) is 24.0 Å². The van der Waals surface area contributed by atoms with E-state index in [9.17, 15) is 9.50 Å². The number of aliphatic hydroxyl groups is 1. The minimum atomic E-state index is -0.699. The molecule has 2 aromatic rings. The molecule has 2 N–H and O–H groups in total. The first-order chi connectivity index (χ1) is 14.1. The van der Waals surface area contributed by atoms with Crippen LogP contribution in [-0.4, -0.2) is 62.0 Å². The van der Waals surface area contributed by atoms with Gasteiger partial charge in [-0.2, -0.15) is 0 Å². The molecule has 1 atom stereocenters. The van der Waals surface area contributed by atoms with Gasteiger partial charge in [0.15, 0.2) is 17.5 Å². The van der Waals surface area contributed by atoms with Crippen molar-refractivity contribution >= 4 is 29.9 Å². The molecule has 0 heterocycles. The van der Waals surface area contributed by atoms with Crippen LogP contribution >= 0.6 is 24.0 Å². The topological polar surface area (TPSA) is 66.3 Å². The number of rotatable bonds is 11. The molecular formula is C22H31FIN3O3. The van der Waals surface area contributed by atoms with Crippen molar-refractivity contribution in [3.8, 4) is 5.75 Å². The largest absolute Gasteiger partial charge is 0.489 e. The fourth-order valence-electron chi connectivity index (χ4n) is 2.56. The molecule has 0 aliphatic rings. The van der Waals surface area contributed by atoms with Gasteiger partial charge in [-0.05, 0) is 24.6 Å². The van der Waals surface area contributed by atoms with Gasteiger partial charge in [0.05, 0.1) is 32.4 Å². The first kappa shape index (κ1) is 26.1. The van der Waals surface area contributed by atoms with Crippen LogP contribution < -0.4 is 10.1 Å². The maximum atomic E-state index is 13.6. The molecule has 0 fully saturated rings. The van der Waals surface area contributed by atoms with Crippen LogP contribution in [0.3, 0.4) is 0 Å². The Balaban J connectivity index is 0.00000450. The lowest BCUT2D eigenvalue weighted by atomic mass is 10.2. The number of guanidine groups is 1. The van der Waals surface area contributed by atoms with Crippen LogP contribution in [0, 0.1) is 5.82 Å². The highest BCUT2D eigenvalue weighted by Gasteiger charge is 2.09. The molecule has 2 aromatic carbocycles. The minimum absolute atomic E-state index is 0. The molecule has 30 heavy (non-hydrogen) atoms. The van der Waals surface area contributed by atoms with Crippen molar-refractivity contribution in [1.29, 1.82) is 0 Å². The van der Waals surface area contributed by atoms with E-state index in [1.165, 1.54) is 6.07 Å². The summed E-state index contributed by atoms with van der Waals surface area (Å²) in [5.74, 6) is 0.495. The second-order valence-electron chi connectivity index (χ2n) is 6.55. The summed E-state index contributed by atoms with van der Waals surface area (Å²) in [5.41, 5.74) is 1.06. The summed E-state index contributed by atoms with van der Waals surface area (Å²) < 4.78 is 24.6. The van der Waals surface area contributed by atoms with Crippen molar-refractivity contribution in [1.82, 2.24) is 10.2 Å². The summed E-state index contributed by atoms with van der Waals surface area (Å²) in [7, 11) is 1.87. The summed E-state index contributed by atoms with van der Waals surface area (Å²) in [6.07, 6.45) is -0.699. The number of nitrogens with one attached hydrogen (secondary N) is 1. The highest BCUT2D eigenvalue weighted by molar-refractivity contribution is 14.0. The van der Waals surface area contributed by atoms with Gasteiger partial charge in [0, 0.05) is 13.6 Å². The molecule has 0 saturated carbocycles.